The monoisotopic (exact) mass is 321 g/mol. The molecule has 122 valence electrons. The molecule has 0 bridgehead atoms. The Kier molecular flexibility index (Phi) is 4.31. The fraction of sp³-hybridized carbons (Fsp3) is 0.333. The molecule has 0 saturated carbocycles. The summed E-state index contributed by atoms with van der Waals surface area (Å²) in [6.45, 7) is 1.10. The number of nitrogens with zero attached hydrogens (tertiary/aromatic N) is 1. The van der Waals surface area contributed by atoms with Gasteiger partial charge in [0.05, 0.1) is 11.7 Å². The van der Waals surface area contributed by atoms with Crippen molar-refractivity contribution in [3.8, 4) is 0 Å². The van der Waals surface area contributed by atoms with Crippen LogP contribution in [0, 0.1) is 0 Å². The van der Waals surface area contributed by atoms with Crippen LogP contribution in [0.25, 0.3) is 0 Å². The van der Waals surface area contributed by atoms with E-state index in [2.05, 4.69) is 4.90 Å². The highest BCUT2D eigenvalue weighted by Gasteiger charge is 2.31. The van der Waals surface area contributed by atoms with Crippen molar-refractivity contribution < 1.29 is 17.9 Å². The van der Waals surface area contributed by atoms with Crippen LogP contribution in [0.2, 0.25) is 0 Å². The fourth-order valence-electron chi connectivity index (χ4n) is 3.02. The van der Waals surface area contributed by atoms with Crippen molar-refractivity contribution in [2.75, 3.05) is 18.6 Å². The second-order valence-corrected chi connectivity index (χ2v) is 5.77. The molecule has 0 aliphatic carbocycles. The van der Waals surface area contributed by atoms with Crippen LogP contribution in [0.3, 0.4) is 0 Å². The van der Waals surface area contributed by atoms with Gasteiger partial charge >= 0.3 is 6.18 Å². The van der Waals surface area contributed by atoms with Crippen LogP contribution in [0.4, 0.5) is 18.9 Å². The van der Waals surface area contributed by atoms with Gasteiger partial charge < -0.3 is 9.64 Å². The molecule has 0 saturated heterocycles. The van der Waals surface area contributed by atoms with Gasteiger partial charge in [0.15, 0.2) is 0 Å². The van der Waals surface area contributed by atoms with E-state index in [0.29, 0.717) is 18.7 Å². The lowest BCUT2D eigenvalue weighted by atomic mass is 9.98. The zero-order valence-electron chi connectivity index (χ0n) is 12.8. The maximum absolute atomic E-state index is 12.9. The van der Waals surface area contributed by atoms with E-state index in [1.165, 1.54) is 12.1 Å². The van der Waals surface area contributed by atoms with Gasteiger partial charge in [-0.05, 0) is 29.3 Å². The molecule has 1 heterocycles. The predicted molar refractivity (Wildman–Crippen MR) is 83.4 cm³/mol. The third kappa shape index (κ3) is 3.50. The van der Waals surface area contributed by atoms with Crippen molar-refractivity contribution >= 4 is 5.69 Å². The zero-order chi connectivity index (χ0) is 16.4. The number of hydrogen-bond acceptors (Lipinski definition) is 2. The van der Waals surface area contributed by atoms with Crippen LogP contribution < -0.4 is 4.90 Å². The molecule has 2 nitrogen and oxygen atoms in total. The maximum atomic E-state index is 12.9. The first-order chi connectivity index (χ1) is 11.0. The van der Waals surface area contributed by atoms with E-state index in [0.717, 1.165) is 23.7 Å². The van der Waals surface area contributed by atoms with Crippen LogP contribution >= 0.6 is 0 Å². The predicted octanol–water partition coefficient (Wildman–Crippen LogP) is 4.28. The Balaban J connectivity index is 1.88. The third-order valence-corrected chi connectivity index (χ3v) is 4.16. The summed E-state index contributed by atoms with van der Waals surface area (Å²) in [6.07, 6.45) is -3.44. The quantitative estimate of drug-likeness (QED) is 0.836. The van der Waals surface area contributed by atoms with Crippen LogP contribution in [-0.4, -0.2) is 19.8 Å². The highest BCUT2D eigenvalue weighted by Crippen LogP contribution is 2.32. The molecule has 0 N–H and O–H groups in total. The van der Waals surface area contributed by atoms with Crippen LogP contribution in [-0.2, 0) is 23.9 Å². The van der Waals surface area contributed by atoms with Gasteiger partial charge in [0, 0.05) is 32.3 Å². The second-order valence-electron chi connectivity index (χ2n) is 5.77. The van der Waals surface area contributed by atoms with E-state index in [4.69, 9.17) is 4.74 Å². The van der Waals surface area contributed by atoms with Crippen LogP contribution in [0.1, 0.15) is 16.7 Å². The Morgan fingerprint density at radius 2 is 1.91 bits per heavy atom. The molecular weight excluding hydrogens is 303 g/mol. The minimum atomic E-state index is -4.31. The number of rotatable bonds is 3. The number of alkyl halides is 3. The Morgan fingerprint density at radius 1 is 1.13 bits per heavy atom. The summed E-state index contributed by atoms with van der Waals surface area (Å²) in [6, 6.07) is 13.5. The topological polar surface area (TPSA) is 12.5 Å². The lowest BCUT2D eigenvalue weighted by Gasteiger charge is -2.35. The van der Waals surface area contributed by atoms with Gasteiger partial charge in [-0.1, -0.05) is 30.3 Å². The van der Waals surface area contributed by atoms with Gasteiger partial charge in [0.25, 0.3) is 0 Å². The fourth-order valence-corrected chi connectivity index (χ4v) is 3.02. The van der Waals surface area contributed by atoms with Gasteiger partial charge in [-0.25, -0.2) is 0 Å². The number of anilines is 1. The molecular formula is C18H18F3NO. The minimum Gasteiger partial charge on any atom is -0.379 e. The summed E-state index contributed by atoms with van der Waals surface area (Å²) in [7, 11) is 1.67. The number of ether oxygens (including phenoxy) is 1. The zero-order valence-corrected chi connectivity index (χ0v) is 12.8. The van der Waals surface area contributed by atoms with Gasteiger partial charge in [0.2, 0.25) is 0 Å². The number of halogens is 3. The third-order valence-electron chi connectivity index (χ3n) is 4.16. The minimum absolute atomic E-state index is 0.0516. The smallest absolute Gasteiger partial charge is 0.379 e. The number of benzene rings is 2. The first-order valence-corrected chi connectivity index (χ1v) is 7.49. The average Bonchev–Trinajstić information content (AvgIpc) is 2.54. The maximum Gasteiger partial charge on any atom is 0.416 e. The summed E-state index contributed by atoms with van der Waals surface area (Å²) < 4.78 is 44.1. The van der Waals surface area contributed by atoms with Gasteiger partial charge in [0.1, 0.15) is 0 Å². The highest BCUT2D eigenvalue weighted by atomic mass is 19.4. The number of para-hydroxylation sites is 1. The molecule has 2 aromatic rings. The number of hydrogen-bond donors (Lipinski definition) is 0. The first kappa shape index (κ1) is 15.9. The van der Waals surface area contributed by atoms with E-state index < -0.39 is 11.7 Å². The summed E-state index contributed by atoms with van der Waals surface area (Å²) in [4.78, 5) is 2.09. The molecule has 0 radical (unpaired) electrons. The molecule has 23 heavy (non-hydrogen) atoms. The molecule has 2 aromatic carbocycles. The summed E-state index contributed by atoms with van der Waals surface area (Å²) in [5, 5.41) is 0. The highest BCUT2D eigenvalue weighted by molar-refractivity contribution is 5.56. The molecule has 0 aromatic heterocycles. The Bertz CT molecular complexity index is 684. The molecule has 3 rings (SSSR count). The average molecular weight is 321 g/mol. The number of fused-ring (bicyclic) bond motifs is 1. The van der Waals surface area contributed by atoms with E-state index in [1.54, 1.807) is 13.2 Å². The largest absolute Gasteiger partial charge is 0.416 e. The molecule has 1 aliphatic heterocycles. The lowest BCUT2D eigenvalue weighted by molar-refractivity contribution is -0.137. The van der Waals surface area contributed by atoms with Gasteiger partial charge in [-0.15, -0.1) is 0 Å². The van der Waals surface area contributed by atoms with E-state index in [9.17, 15) is 13.2 Å². The van der Waals surface area contributed by atoms with Gasteiger partial charge in [-0.3, -0.25) is 0 Å². The summed E-state index contributed by atoms with van der Waals surface area (Å²) >= 11 is 0. The summed E-state index contributed by atoms with van der Waals surface area (Å²) in [5.74, 6) is 0. The number of methoxy groups -OCH3 is 1. The molecule has 1 aliphatic rings. The van der Waals surface area contributed by atoms with E-state index in [-0.39, 0.29) is 6.10 Å². The van der Waals surface area contributed by atoms with Crippen molar-refractivity contribution in [3.05, 3.63) is 65.2 Å². The van der Waals surface area contributed by atoms with Crippen LogP contribution in [0.5, 0.6) is 0 Å². The molecule has 0 amide bonds. The van der Waals surface area contributed by atoms with Gasteiger partial charge in [-0.2, -0.15) is 13.2 Å². The second kappa shape index (κ2) is 6.24. The Labute approximate surface area is 133 Å². The van der Waals surface area contributed by atoms with Crippen molar-refractivity contribution in [2.24, 2.45) is 0 Å². The van der Waals surface area contributed by atoms with E-state index >= 15 is 0 Å². The molecule has 5 heteroatoms. The van der Waals surface area contributed by atoms with Crippen molar-refractivity contribution in [3.63, 3.8) is 0 Å². The normalized spacial score (nSPS) is 17.9. The molecule has 1 atom stereocenters. The van der Waals surface area contributed by atoms with Crippen molar-refractivity contribution in [2.45, 2.75) is 25.2 Å². The standard InChI is InChI=1S/C18H18F3NO/c1-23-16-10-14-6-2-3-8-17(14)22(12-16)11-13-5-4-7-15(9-13)18(19,20)21/h2-9,16H,10-12H2,1H3. The Hall–Kier alpha value is -2.01. The lowest BCUT2D eigenvalue weighted by Crippen LogP contribution is -2.39. The van der Waals surface area contributed by atoms with E-state index in [1.807, 2.05) is 24.3 Å². The molecule has 0 spiro atoms. The SMILES string of the molecule is COC1Cc2ccccc2N(Cc2cccc(C(F)(F)F)c2)C1. The first-order valence-electron chi connectivity index (χ1n) is 7.49. The van der Waals surface area contributed by atoms with Crippen molar-refractivity contribution in [1.82, 2.24) is 0 Å². The Morgan fingerprint density at radius 3 is 2.65 bits per heavy atom. The van der Waals surface area contributed by atoms with Crippen molar-refractivity contribution in [1.29, 1.82) is 0 Å². The molecule has 1 unspecified atom stereocenters. The molecule has 0 fully saturated rings. The van der Waals surface area contributed by atoms with Crippen LogP contribution in [0.15, 0.2) is 48.5 Å². The summed E-state index contributed by atoms with van der Waals surface area (Å²) in [5.41, 5.74) is 2.27.